The molecule has 0 saturated heterocycles. The number of ether oxygens (including phenoxy) is 1. The third kappa shape index (κ3) is 6.23. The van der Waals surface area contributed by atoms with E-state index >= 15 is 0 Å². The lowest BCUT2D eigenvalue weighted by Gasteiger charge is -2.30. The second kappa shape index (κ2) is 11.7. The number of nitrogens with zero attached hydrogens (tertiary/aromatic N) is 2. The summed E-state index contributed by atoms with van der Waals surface area (Å²) in [5, 5.41) is 8.58. The SMILES string of the molecule is CCOc1c(Br)cc(Br)cc1CNCC1CCC(Nc2cc(N(C)C)c3ccccc3n2)CC1. The second-order valence-corrected chi connectivity index (χ2v) is 11.0. The van der Waals surface area contributed by atoms with Crippen molar-refractivity contribution in [2.24, 2.45) is 5.92 Å². The van der Waals surface area contributed by atoms with Gasteiger partial charge in [0.1, 0.15) is 11.6 Å². The molecule has 2 aromatic carbocycles. The van der Waals surface area contributed by atoms with E-state index in [1.165, 1.54) is 42.3 Å². The molecule has 0 radical (unpaired) electrons. The minimum absolute atomic E-state index is 0.477. The van der Waals surface area contributed by atoms with Gasteiger partial charge in [0.2, 0.25) is 0 Å². The molecule has 3 aromatic rings. The van der Waals surface area contributed by atoms with E-state index in [0.717, 1.165) is 39.1 Å². The largest absolute Gasteiger partial charge is 0.492 e. The molecule has 34 heavy (non-hydrogen) atoms. The summed E-state index contributed by atoms with van der Waals surface area (Å²) in [6.45, 7) is 4.51. The number of pyridine rings is 1. The van der Waals surface area contributed by atoms with E-state index in [4.69, 9.17) is 9.72 Å². The van der Waals surface area contributed by atoms with Crippen molar-refractivity contribution >= 4 is 54.3 Å². The zero-order valence-corrected chi connectivity index (χ0v) is 23.4. The second-order valence-electron chi connectivity index (χ2n) is 9.24. The first-order chi connectivity index (χ1) is 16.4. The number of nitrogens with one attached hydrogen (secondary N) is 2. The smallest absolute Gasteiger partial charge is 0.138 e. The Kier molecular flexibility index (Phi) is 8.72. The van der Waals surface area contributed by atoms with E-state index < -0.39 is 0 Å². The van der Waals surface area contributed by atoms with Crippen molar-refractivity contribution in [2.45, 2.75) is 45.2 Å². The fourth-order valence-electron chi connectivity index (χ4n) is 4.78. The van der Waals surface area contributed by atoms with Crippen LogP contribution in [-0.2, 0) is 6.54 Å². The average Bonchev–Trinajstić information content (AvgIpc) is 2.81. The van der Waals surface area contributed by atoms with Crippen LogP contribution in [0.15, 0.2) is 51.4 Å². The number of hydrogen-bond acceptors (Lipinski definition) is 5. The molecule has 0 bridgehead atoms. The molecule has 1 heterocycles. The highest BCUT2D eigenvalue weighted by molar-refractivity contribution is 9.11. The molecule has 1 aliphatic rings. The highest BCUT2D eigenvalue weighted by atomic mass is 79.9. The zero-order valence-electron chi connectivity index (χ0n) is 20.2. The molecule has 2 N–H and O–H groups in total. The van der Waals surface area contributed by atoms with Crippen LogP contribution < -0.4 is 20.3 Å². The maximum Gasteiger partial charge on any atom is 0.138 e. The van der Waals surface area contributed by atoms with Crippen molar-refractivity contribution in [2.75, 3.05) is 37.5 Å². The van der Waals surface area contributed by atoms with Crippen molar-refractivity contribution in [3.05, 3.63) is 57.0 Å². The van der Waals surface area contributed by atoms with Crippen LogP contribution in [-0.4, -0.2) is 38.3 Å². The molecular weight excluding hydrogens is 556 g/mol. The van der Waals surface area contributed by atoms with E-state index in [0.29, 0.717) is 18.6 Å². The fraction of sp³-hybridized carbons (Fsp3) is 0.444. The lowest BCUT2D eigenvalue weighted by Crippen LogP contribution is -2.31. The van der Waals surface area contributed by atoms with Gasteiger partial charge in [0.25, 0.3) is 0 Å². The number of fused-ring (bicyclic) bond motifs is 1. The molecule has 5 nitrogen and oxygen atoms in total. The van der Waals surface area contributed by atoms with Gasteiger partial charge in [-0.2, -0.15) is 0 Å². The average molecular weight is 590 g/mol. The van der Waals surface area contributed by atoms with Crippen LogP contribution in [0.2, 0.25) is 0 Å². The molecule has 0 spiro atoms. The third-order valence-corrected chi connectivity index (χ3v) is 7.54. The Morgan fingerprint density at radius 2 is 1.82 bits per heavy atom. The normalized spacial score (nSPS) is 18.1. The number of benzene rings is 2. The highest BCUT2D eigenvalue weighted by Gasteiger charge is 2.22. The van der Waals surface area contributed by atoms with Crippen LogP contribution in [0.5, 0.6) is 5.75 Å². The van der Waals surface area contributed by atoms with E-state index in [1.807, 2.05) is 13.0 Å². The van der Waals surface area contributed by atoms with E-state index in [2.05, 4.69) is 97.9 Å². The van der Waals surface area contributed by atoms with Crippen LogP contribution in [0.3, 0.4) is 0 Å². The van der Waals surface area contributed by atoms with Gasteiger partial charge >= 0.3 is 0 Å². The molecule has 0 unspecified atom stereocenters. The summed E-state index contributed by atoms with van der Waals surface area (Å²) >= 11 is 7.23. The minimum Gasteiger partial charge on any atom is -0.492 e. The lowest BCUT2D eigenvalue weighted by atomic mass is 9.86. The first kappa shape index (κ1) is 25.3. The quantitative estimate of drug-likeness (QED) is 0.282. The first-order valence-corrected chi connectivity index (χ1v) is 13.7. The molecule has 182 valence electrons. The Morgan fingerprint density at radius 1 is 1.06 bits per heavy atom. The lowest BCUT2D eigenvalue weighted by molar-refractivity contribution is 0.318. The van der Waals surface area contributed by atoms with Gasteiger partial charge in [0.05, 0.1) is 16.6 Å². The van der Waals surface area contributed by atoms with Gasteiger partial charge in [-0.05, 0) is 79.2 Å². The summed E-state index contributed by atoms with van der Waals surface area (Å²) in [6, 6.07) is 15.2. The summed E-state index contributed by atoms with van der Waals surface area (Å²) < 4.78 is 7.91. The van der Waals surface area contributed by atoms with Crippen LogP contribution in [0.1, 0.15) is 38.2 Å². The monoisotopic (exact) mass is 588 g/mol. The van der Waals surface area contributed by atoms with Gasteiger partial charge < -0.3 is 20.3 Å². The highest BCUT2D eigenvalue weighted by Crippen LogP contribution is 2.34. The Bertz CT molecular complexity index is 1110. The van der Waals surface area contributed by atoms with Gasteiger partial charge in [-0.1, -0.05) is 34.1 Å². The number of rotatable bonds is 9. The van der Waals surface area contributed by atoms with Crippen LogP contribution in [0, 0.1) is 5.92 Å². The molecule has 1 aliphatic carbocycles. The van der Waals surface area contributed by atoms with Gasteiger partial charge in [0, 0.05) is 53.9 Å². The van der Waals surface area contributed by atoms with Crippen LogP contribution >= 0.6 is 31.9 Å². The van der Waals surface area contributed by atoms with Gasteiger partial charge in [-0.3, -0.25) is 0 Å². The molecule has 0 aliphatic heterocycles. The summed E-state index contributed by atoms with van der Waals surface area (Å²) in [5.41, 5.74) is 3.42. The molecule has 0 atom stereocenters. The Morgan fingerprint density at radius 3 is 2.56 bits per heavy atom. The number of aromatic nitrogens is 1. The van der Waals surface area contributed by atoms with Crippen LogP contribution in [0.25, 0.3) is 10.9 Å². The van der Waals surface area contributed by atoms with E-state index in [1.54, 1.807) is 0 Å². The van der Waals surface area contributed by atoms with Crippen molar-refractivity contribution in [1.82, 2.24) is 10.3 Å². The summed E-state index contributed by atoms with van der Waals surface area (Å²) in [6.07, 6.45) is 4.79. The molecular formula is C27H34Br2N4O. The van der Waals surface area contributed by atoms with Crippen molar-refractivity contribution in [1.29, 1.82) is 0 Å². The van der Waals surface area contributed by atoms with Crippen LogP contribution in [0.4, 0.5) is 11.5 Å². The minimum atomic E-state index is 0.477. The molecule has 0 amide bonds. The molecule has 7 heteroatoms. The topological polar surface area (TPSA) is 49.4 Å². The molecule has 4 rings (SSSR count). The molecule has 1 aromatic heterocycles. The maximum absolute atomic E-state index is 5.86. The maximum atomic E-state index is 5.86. The standard InChI is InChI=1S/C27H34Br2N4O/c1-4-34-27-19(13-20(28)14-23(27)29)17-30-16-18-9-11-21(12-10-18)31-26-15-25(33(2)3)22-7-5-6-8-24(22)32-26/h5-8,13-15,18,21,30H,4,9-12,16-17H2,1-3H3,(H,31,32). The Balaban J connectivity index is 1.30. The van der Waals surface area contributed by atoms with Gasteiger partial charge in [0.15, 0.2) is 0 Å². The Hall–Kier alpha value is -1.83. The van der Waals surface area contributed by atoms with Gasteiger partial charge in [-0.15, -0.1) is 0 Å². The van der Waals surface area contributed by atoms with Crippen molar-refractivity contribution < 1.29 is 4.74 Å². The van der Waals surface area contributed by atoms with E-state index in [9.17, 15) is 0 Å². The fourth-order valence-corrected chi connectivity index (χ4v) is 6.21. The number of para-hydroxylation sites is 1. The van der Waals surface area contributed by atoms with E-state index in [-0.39, 0.29) is 0 Å². The first-order valence-electron chi connectivity index (χ1n) is 12.1. The molecule has 1 fully saturated rings. The molecule has 1 saturated carbocycles. The summed E-state index contributed by atoms with van der Waals surface area (Å²) in [5.74, 6) is 2.62. The number of anilines is 2. The predicted octanol–water partition coefficient (Wildman–Crippen LogP) is 6.99. The number of hydrogen-bond donors (Lipinski definition) is 2. The Labute approximate surface area is 219 Å². The van der Waals surface area contributed by atoms with Gasteiger partial charge in [-0.25, -0.2) is 4.98 Å². The summed E-state index contributed by atoms with van der Waals surface area (Å²) in [4.78, 5) is 7.05. The summed E-state index contributed by atoms with van der Waals surface area (Å²) in [7, 11) is 4.18. The van der Waals surface area contributed by atoms with Crippen molar-refractivity contribution in [3.8, 4) is 5.75 Å². The number of halogens is 2. The zero-order chi connectivity index (χ0) is 24.1. The third-order valence-electron chi connectivity index (χ3n) is 6.50. The van der Waals surface area contributed by atoms with Crippen molar-refractivity contribution in [3.63, 3.8) is 0 Å². The predicted molar refractivity (Wildman–Crippen MR) is 150 cm³/mol.